The third kappa shape index (κ3) is 4.48. The molecule has 0 spiro atoms. The van der Waals surface area contributed by atoms with Crippen LogP contribution >= 0.6 is 11.3 Å². The lowest BCUT2D eigenvalue weighted by Crippen LogP contribution is -2.52. The molecular weight excluding hydrogens is 278 g/mol. The first-order chi connectivity index (χ1) is 9.11. The molecule has 2 amide bonds. The molecule has 0 aliphatic heterocycles. The number of carboxylic acid groups (broad SMARTS) is 1. The van der Waals surface area contributed by atoms with Gasteiger partial charge >= 0.3 is 12.0 Å². The number of aliphatic carboxylic acids is 1. The Morgan fingerprint density at radius 1 is 1.35 bits per heavy atom. The zero-order chi connectivity index (χ0) is 15.5. The standard InChI is InChI=1S/C13H21N3O3S/c1-7-6-20-10(14-7)8(2)15-12(19)16-9(11(17)18)13(3,4)5/h6,8-9H,1-5H3,(H,17,18)(H2,15,16,19)/t8?,9-/m0/s1. The molecule has 0 saturated carbocycles. The summed E-state index contributed by atoms with van der Waals surface area (Å²) in [6.45, 7) is 8.98. The van der Waals surface area contributed by atoms with E-state index in [1.807, 2.05) is 19.2 Å². The Morgan fingerprint density at radius 3 is 2.35 bits per heavy atom. The Balaban J connectivity index is 2.65. The molecule has 20 heavy (non-hydrogen) atoms. The fourth-order valence-electron chi connectivity index (χ4n) is 1.65. The largest absolute Gasteiger partial charge is 0.480 e. The molecule has 1 heterocycles. The highest BCUT2D eigenvalue weighted by atomic mass is 32.1. The zero-order valence-corrected chi connectivity index (χ0v) is 13.2. The summed E-state index contributed by atoms with van der Waals surface area (Å²) >= 11 is 1.46. The number of hydrogen-bond donors (Lipinski definition) is 3. The number of carbonyl (C=O) groups excluding carboxylic acids is 1. The Bertz CT molecular complexity index is 493. The first kappa shape index (κ1) is 16.4. The molecule has 1 unspecified atom stereocenters. The third-order valence-electron chi connectivity index (χ3n) is 2.74. The molecule has 0 aromatic carbocycles. The minimum atomic E-state index is -1.05. The van der Waals surface area contributed by atoms with E-state index in [4.69, 9.17) is 5.11 Å². The van der Waals surface area contributed by atoms with Crippen LogP contribution in [0.25, 0.3) is 0 Å². The van der Waals surface area contributed by atoms with E-state index in [1.54, 1.807) is 20.8 Å². The minimum absolute atomic E-state index is 0.261. The summed E-state index contributed by atoms with van der Waals surface area (Å²) in [6, 6.07) is -1.72. The van der Waals surface area contributed by atoms with Crippen molar-refractivity contribution in [3.63, 3.8) is 0 Å². The summed E-state index contributed by atoms with van der Waals surface area (Å²) in [5.41, 5.74) is 0.335. The molecule has 1 rings (SSSR count). The number of rotatable bonds is 4. The lowest BCUT2D eigenvalue weighted by molar-refractivity contribution is -0.141. The fraction of sp³-hybridized carbons (Fsp3) is 0.615. The topological polar surface area (TPSA) is 91.3 Å². The Hall–Kier alpha value is -1.63. The van der Waals surface area contributed by atoms with Crippen molar-refractivity contribution < 1.29 is 14.7 Å². The molecular formula is C13H21N3O3S. The van der Waals surface area contributed by atoms with E-state index in [-0.39, 0.29) is 6.04 Å². The van der Waals surface area contributed by atoms with Gasteiger partial charge in [-0.2, -0.15) is 0 Å². The normalized spacial score (nSPS) is 14.4. The van der Waals surface area contributed by atoms with Gasteiger partial charge in [-0.25, -0.2) is 14.6 Å². The van der Waals surface area contributed by atoms with Gasteiger partial charge in [0.2, 0.25) is 0 Å². The zero-order valence-electron chi connectivity index (χ0n) is 12.4. The maximum atomic E-state index is 11.9. The quantitative estimate of drug-likeness (QED) is 0.795. The number of nitrogens with one attached hydrogen (secondary N) is 2. The van der Waals surface area contributed by atoms with Gasteiger partial charge in [0, 0.05) is 11.1 Å². The fourth-order valence-corrected chi connectivity index (χ4v) is 2.45. The predicted molar refractivity (Wildman–Crippen MR) is 77.8 cm³/mol. The maximum Gasteiger partial charge on any atom is 0.326 e. The van der Waals surface area contributed by atoms with Gasteiger partial charge in [0.25, 0.3) is 0 Å². The van der Waals surface area contributed by atoms with Crippen molar-refractivity contribution in [1.29, 1.82) is 0 Å². The molecule has 0 fully saturated rings. The third-order valence-corrected chi connectivity index (χ3v) is 3.89. The molecule has 112 valence electrons. The van der Waals surface area contributed by atoms with Crippen molar-refractivity contribution >= 4 is 23.3 Å². The predicted octanol–water partition coefficient (Wildman–Crippen LogP) is 2.31. The van der Waals surface area contributed by atoms with Crippen LogP contribution in [0.4, 0.5) is 4.79 Å². The Kier molecular flexibility index (Phi) is 5.10. The van der Waals surface area contributed by atoms with Crippen LogP contribution in [-0.2, 0) is 4.79 Å². The van der Waals surface area contributed by atoms with Crippen molar-refractivity contribution in [1.82, 2.24) is 15.6 Å². The smallest absolute Gasteiger partial charge is 0.326 e. The molecule has 3 N–H and O–H groups in total. The van der Waals surface area contributed by atoms with Crippen LogP contribution in [0.5, 0.6) is 0 Å². The number of hydrogen-bond acceptors (Lipinski definition) is 4. The van der Waals surface area contributed by atoms with Gasteiger partial charge in [-0.05, 0) is 19.3 Å². The van der Waals surface area contributed by atoms with Crippen molar-refractivity contribution in [2.45, 2.75) is 46.7 Å². The molecule has 1 aromatic heterocycles. The van der Waals surface area contributed by atoms with E-state index in [1.165, 1.54) is 11.3 Å². The summed E-state index contributed by atoms with van der Waals surface area (Å²) in [5, 5.41) is 17.0. The average Bonchev–Trinajstić information content (AvgIpc) is 2.70. The second-order valence-electron chi connectivity index (χ2n) is 5.80. The summed E-state index contributed by atoms with van der Waals surface area (Å²) in [4.78, 5) is 27.4. The van der Waals surface area contributed by atoms with Crippen LogP contribution in [0.1, 0.15) is 44.4 Å². The van der Waals surface area contributed by atoms with E-state index in [0.29, 0.717) is 0 Å². The van der Waals surface area contributed by atoms with Gasteiger partial charge in [-0.15, -0.1) is 11.3 Å². The monoisotopic (exact) mass is 299 g/mol. The Morgan fingerprint density at radius 2 is 1.95 bits per heavy atom. The summed E-state index contributed by atoms with van der Waals surface area (Å²) < 4.78 is 0. The molecule has 2 atom stereocenters. The highest BCUT2D eigenvalue weighted by molar-refractivity contribution is 7.09. The maximum absolute atomic E-state index is 11.9. The number of thiazole rings is 1. The number of carbonyl (C=O) groups is 2. The summed E-state index contributed by atoms with van der Waals surface area (Å²) in [6.07, 6.45) is 0. The summed E-state index contributed by atoms with van der Waals surface area (Å²) in [5.74, 6) is -1.05. The number of nitrogens with zero attached hydrogens (tertiary/aromatic N) is 1. The van der Waals surface area contributed by atoms with Crippen molar-refractivity contribution in [3.05, 3.63) is 16.1 Å². The van der Waals surface area contributed by atoms with Gasteiger partial charge in [-0.1, -0.05) is 20.8 Å². The van der Waals surface area contributed by atoms with Gasteiger partial charge in [0.1, 0.15) is 11.0 Å². The van der Waals surface area contributed by atoms with Gasteiger partial charge < -0.3 is 15.7 Å². The second-order valence-corrected chi connectivity index (χ2v) is 6.69. The van der Waals surface area contributed by atoms with E-state index in [0.717, 1.165) is 10.7 Å². The lowest BCUT2D eigenvalue weighted by Gasteiger charge is -2.28. The number of aryl methyl sites for hydroxylation is 1. The van der Waals surface area contributed by atoms with Crippen LogP contribution in [0.2, 0.25) is 0 Å². The first-order valence-electron chi connectivity index (χ1n) is 6.33. The van der Waals surface area contributed by atoms with Crippen LogP contribution < -0.4 is 10.6 Å². The summed E-state index contributed by atoms with van der Waals surface area (Å²) in [7, 11) is 0. The second kappa shape index (κ2) is 6.21. The van der Waals surface area contributed by atoms with Crippen molar-refractivity contribution in [2.75, 3.05) is 0 Å². The van der Waals surface area contributed by atoms with Crippen LogP contribution in [0.3, 0.4) is 0 Å². The molecule has 6 nitrogen and oxygen atoms in total. The van der Waals surface area contributed by atoms with Crippen molar-refractivity contribution in [3.8, 4) is 0 Å². The lowest BCUT2D eigenvalue weighted by atomic mass is 9.87. The molecule has 0 saturated heterocycles. The van der Waals surface area contributed by atoms with Crippen LogP contribution in [0, 0.1) is 12.3 Å². The number of urea groups is 1. The highest BCUT2D eigenvalue weighted by Gasteiger charge is 2.32. The SMILES string of the molecule is Cc1csc(C(C)NC(=O)N[C@@H](C(=O)O)C(C)(C)C)n1. The molecule has 0 aliphatic rings. The Labute approximate surface area is 122 Å². The van der Waals surface area contributed by atoms with Gasteiger partial charge in [0.05, 0.1) is 6.04 Å². The molecule has 0 radical (unpaired) electrons. The highest BCUT2D eigenvalue weighted by Crippen LogP contribution is 2.20. The van der Waals surface area contributed by atoms with E-state index in [2.05, 4.69) is 15.6 Å². The van der Waals surface area contributed by atoms with Crippen LogP contribution in [-0.4, -0.2) is 28.1 Å². The van der Waals surface area contributed by atoms with E-state index in [9.17, 15) is 9.59 Å². The number of amides is 2. The van der Waals surface area contributed by atoms with E-state index < -0.39 is 23.5 Å². The molecule has 0 bridgehead atoms. The van der Waals surface area contributed by atoms with Gasteiger partial charge in [0.15, 0.2) is 0 Å². The minimum Gasteiger partial charge on any atom is -0.480 e. The number of carboxylic acids is 1. The molecule has 0 aliphatic carbocycles. The number of aromatic nitrogens is 1. The molecule has 7 heteroatoms. The van der Waals surface area contributed by atoms with Crippen LogP contribution in [0.15, 0.2) is 5.38 Å². The van der Waals surface area contributed by atoms with Crippen molar-refractivity contribution in [2.24, 2.45) is 5.41 Å². The average molecular weight is 299 g/mol. The van der Waals surface area contributed by atoms with Gasteiger partial charge in [-0.3, -0.25) is 0 Å². The first-order valence-corrected chi connectivity index (χ1v) is 7.21. The molecule has 1 aromatic rings. The van der Waals surface area contributed by atoms with E-state index >= 15 is 0 Å².